The molecule has 0 radical (unpaired) electrons. The molecule has 3 aromatic rings. The Morgan fingerprint density at radius 3 is 2.28 bits per heavy atom. The van der Waals surface area contributed by atoms with E-state index in [1.54, 1.807) is 30.3 Å². The number of amides is 1. The van der Waals surface area contributed by atoms with E-state index < -0.39 is 23.4 Å². The fraction of sp³-hybridized carbons (Fsp3) is 0.0500. The molecule has 0 aliphatic carbocycles. The van der Waals surface area contributed by atoms with Gasteiger partial charge < -0.3 is 5.32 Å². The summed E-state index contributed by atoms with van der Waals surface area (Å²) in [4.78, 5) is 12.4. The molecule has 0 aromatic heterocycles. The monoisotopic (exact) mass is 341 g/mol. The average molecular weight is 341 g/mol. The Morgan fingerprint density at radius 1 is 0.880 bits per heavy atom. The second-order valence-corrected chi connectivity index (χ2v) is 5.59. The zero-order valence-corrected chi connectivity index (χ0v) is 13.3. The van der Waals surface area contributed by atoms with E-state index in [1.165, 1.54) is 25.1 Å². The van der Waals surface area contributed by atoms with E-state index in [-0.39, 0.29) is 16.8 Å². The summed E-state index contributed by atoms with van der Waals surface area (Å²) in [7, 11) is 0. The topological polar surface area (TPSA) is 29.1 Å². The lowest BCUT2D eigenvalue weighted by Crippen LogP contribution is -2.14. The van der Waals surface area contributed by atoms with Crippen LogP contribution >= 0.6 is 0 Å². The molecule has 0 spiro atoms. The van der Waals surface area contributed by atoms with Gasteiger partial charge in [0.05, 0.1) is 5.69 Å². The van der Waals surface area contributed by atoms with Gasteiger partial charge in [-0.3, -0.25) is 4.79 Å². The van der Waals surface area contributed by atoms with Crippen molar-refractivity contribution in [2.24, 2.45) is 0 Å². The molecule has 1 amide bonds. The number of anilines is 1. The third kappa shape index (κ3) is 3.55. The van der Waals surface area contributed by atoms with Gasteiger partial charge in [-0.15, -0.1) is 0 Å². The van der Waals surface area contributed by atoms with Crippen LogP contribution in [0.5, 0.6) is 0 Å². The van der Waals surface area contributed by atoms with Crippen molar-refractivity contribution in [3.63, 3.8) is 0 Å². The van der Waals surface area contributed by atoms with Crippen LogP contribution in [-0.4, -0.2) is 5.91 Å². The molecule has 0 aliphatic rings. The second kappa shape index (κ2) is 6.81. The maximum atomic E-state index is 14.3. The minimum Gasteiger partial charge on any atom is -0.319 e. The lowest BCUT2D eigenvalue weighted by molar-refractivity contribution is 0.102. The molecule has 3 rings (SSSR count). The zero-order chi connectivity index (χ0) is 18.0. The van der Waals surface area contributed by atoms with E-state index >= 15 is 0 Å². The molecule has 0 atom stereocenters. The summed E-state index contributed by atoms with van der Waals surface area (Å²) >= 11 is 0. The average Bonchev–Trinajstić information content (AvgIpc) is 2.60. The fourth-order valence-electron chi connectivity index (χ4n) is 2.52. The van der Waals surface area contributed by atoms with Crippen molar-refractivity contribution in [3.05, 3.63) is 89.2 Å². The Kier molecular flexibility index (Phi) is 4.57. The number of halogens is 3. The van der Waals surface area contributed by atoms with Crippen LogP contribution in [0.2, 0.25) is 0 Å². The highest BCUT2D eigenvalue weighted by molar-refractivity contribution is 6.06. The van der Waals surface area contributed by atoms with Gasteiger partial charge in [0, 0.05) is 17.2 Å². The van der Waals surface area contributed by atoms with Crippen LogP contribution in [0.15, 0.2) is 60.7 Å². The Labute approximate surface area is 142 Å². The number of aryl methyl sites for hydroxylation is 1. The van der Waals surface area contributed by atoms with Gasteiger partial charge in [0.15, 0.2) is 0 Å². The van der Waals surface area contributed by atoms with Crippen LogP contribution < -0.4 is 5.32 Å². The molecule has 0 aliphatic heterocycles. The predicted octanol–water partition coefficient (Wildman–Crippen LogP) is 5.33. The van der Waals surface area contributed by atoms with Crippen LogP contribution in [0.4, 0.5) is 18.9 Å². The molecule has 0 bridgehead atoms. The Hall–Kier alpha value is -3.08. The maximum absolute atomic E-state index is 14.3. The van der Waals surface area contributed by atoms with Crippen LogP contribution in [0.25, 0.3) is 11.1 Å². The molecule has 5 heteroatoms. The minimum atomic E-state index is -0.883. The van der Waals surface area contributed by atoms with Gasteiger partial charge in [-0.2, -0.15) is 0 Å². The fourth-order valence-corrected chi connectivity index (χ4v) is 2.52. The molecular formula is C20H14F3NO. The van der Waals surface area contributed by atoms with Crippen LogP contribution in [0.3, 0.4) is 0 Å². The number of rotatable bonds is 3. The maximum Gasteiger partial charge on any atom is 0.255 e. The third-order valence-electron chi connectivity index (χ3n) is 3.80. The molecule has 0 unspecified atom stereocenters. The van der Waals surface area contributed by atoms with Crippen molar-refractivity contribution >= 4 is 11.6 Å². The largest absolute Gasteiger partial charge is 0.319 e. The Balaban J connectivity index is 2.02. The van der Waals surface area contributed by atoms with Gasteiger partial charge in [-0.1, -0.05) is 30.3 Å². The molecule has 25 heavy (non-hydrogen) atoms. The standard InChI is InChI=1S/C20H14F3NO/c1-12-9-14(7-8-17(12)22)20(25)24-19-16(10-15(21)11-18(19)23)13-5-3-2-4-6-13/h2-11H,1H3,(H,24,25). The molecule has 1 N–H and O–H groups in total. The Bertz CT molecular complexity index is 939. The summed E-state index contributed by atoms with van der Waals surface area (Å²) in [6.07, 6.45) is 0. The predicted molar refractivity (Wildman–Crippen MR) is 90.9 cm³/mol. The third-order valence-corrected chi connectivity index (χ3v) is 3.80. The zero-order valence-electron chi connectivity index (χ0n) is 13.3. The summed E-state index contributed by atoms with van der Waals surface area (Å²) < 4.78 is 41.3. The highest BCUT2D eigenvalue weighted by Gasteiger charge is 2.17. The number of hydrogen-bond donors (Lipinski definition) is 1. The van der Waals surface area contributed by atoms with Gasteiger partial charge in [-0.05, 0) is 42.3 Å². The van der Waals surface area contributed by atoms with E-state index in [1.807, 2.05) is 0 Å². The first-order chi connectivity index (χ1) is 12.0. The lowest BCUT2D eigenvalue weighted by Gasteiger charge is -2.13. The molecule has 0 saturated carbocycles. The van der Waals surface area contributed by atoms with Gasteiger partial charge >= 0.3 is 0 Å². The molecule has 0 saturated heterocycles. The molecule has 126 valence electrons. The van der Waals surface area contributed by atoms with Crippen molar-refractivity contribution in [2.45, 2.75) is 6.92 Å². The Morgan fingerprint density at radius 2 is 1.60 bits per heavy atom. The van der Waals surface area contributed by atoms with Gasteiger partial charge in [0.1, 0.15) is 17.5 Å². The summed E-state index contributed by atoms with van der Waals surface area (Å²) in [6.45, 7) is 1.53. The highest BCUT2D eigenvalue weighted by atomic mass is 19.1. The van der Waals surface area contributed by atoms with Crippen molar-refractivity contribution in [1.29, 1.82) is 0 Å². The van der Waals surface area contributed by atoms with E-state index in [0.29, 0.717) is 17.2 Å². The lowest BCUT2D eigenvalue weighted by atomic mass is 10.0. The first-order valence-electron chi connectivity index (χ1n) is 7.57. The quantitative estimate of drug-likeness (QED) is 0.685. The number of hydrogen-bond acceptors (Lipinski definition) is 1. The molecule has 3 aromatic carbocycles. The normalized spacial score (nSPS) is 10.6. The van der Waals surface area contributed by atoms with Gasteiger partial charge in [-0.25, -0.2) is 13.2 Å². The summed E-state index contributed by atoms with van der Waals surface area (Å²) in [5.41, 5.74) is 1.15. The smallest absolute Gasteiger partial charge is 0.255 e. The van der Waals surface area contributed by atoms with E-state index in [0.717, 1.165) is 6.07 Å². The molecule has 0 heterocycles. The van der Waals surface area contributed by atoms with Crippen LogP contribution in [0, 0.1) is 24.4 Å². The number of carbonyl (C=O) groups excluding carboxylic acids is 1. The first kappa shape index (κ1) is 16.8. The van der Waals surface area contributed by atoms with Gasteiger partial charge in [0.2, 0.25) is 0 Å². The molecule has 2 nitrogen and oxygen atoms in total. The van der Waals surface area contributed by atoms with E-state index in [4.69, 9.17) is 0 Å². The molecule has 0 fully saturated rings. The van der Waals surface area contributed by atoms with Crippen molar-refractivity contribution in [2.75, 3.05) is 5.32 Å². The van der Waals surface area contributed by atoms with Crippen LogP contribution in [0.1, 0.15) is 15.9 Å². The summed E-state index contributed by atoms with van der Waals surface area (Å²) in [5.74, 6) is -2.67. The van der Waals surface area contributed by atoms with Crippen LogP contribution in [-0.2, 0) is 0 Å². The molecular weight excluding hydrogens is 327 g/mol. The van der Waals surface area contributed by atoms with E-state index in [9.17, 15) is 18.0 Å². The van der Waals surface area contributed by atoms with Crippen molar-refractivity contribution < 1.29 is 18.0 Å². The van der Waals surface area contributed by atoms with E-state index in [2.05, 4.69) is 5.32 Å². The minimum absolute atomic E-state index is 0.125. The number of benzene rings is 3. The summed E-state index contributed by atoms with van der Waals surface area (Å²) in [5, 5.41) is 2.46. The van der Waals surface area contributed by atoms with Crippen molar-refractivity contribution in [3.8, 4) is 11.1 Å². The SMILES string of the molecule is Cc1cc(C(=O)Nc2c(F)cc(F)cc2-c2ccccc2)ccc1F. The van der Waals surface area contributed by atoms with Gasteiger partial charge in [0.25, 0.3) is 5.91 Å². The van der Waals surface area contributed by atoms with Crippen molar-refractivity contribution in [1.82, 2.24) is 0 Å². The number of carbonyl (C=O) groups is 1. The number of nitrogens with one attached hydrogen (secondary N) is 1. The second-order valence-electron chi connectivity index (χ2n) is 5.59. The highest BCUT2D eigenvalue weighted by Crippen LogP contribution is 2.31. The summed E-state index contributed by atoms with van der Waals surface area (Å²) in [6, 6.07) is 14.3. The first-order valence-corrected chi connectivity index (χ1v) is 7.57.